The highest BCUT2D eigenvalue weighted by atomic mass is 16.5. The molecule has 3 heteroatoms. The molecule has 1 heterocycles. The van der Waals surface area contributed by atoms with Crippen molar-refractivity contribution in [2.24, 2.45) is 5.92 Å². The molecular weight excluding hydrogens is 296 g/mol. The average molecular weight is 324 g/mol. The number of ether oxygens (including phenoxy) is 1. The van der Waals surface area contributed by atoms with Gasteiger partial charge in [0.15, 0.2) is 0 Å². The van der Waals surface area contributed by atoms with E-state index < -0.39 is 0 Å². The number of hydrogen-bond acceptors (Lipinski definition) is 3. The molecule has 24 heavy (non-hydrogen) atoms. The van der Waals surface area contributed by atoms with E-state index in [2.05, 4.69) is 36.1 Å². The van der Waals surface area contributed by atoms with E-state index in [0.717, 1.165) is 36.9 Å². The number of rotatable bonds is 7. The number of anilines is 1. The van der Waals surface area contributed by atoms with Gasteiger partial charge in [0, 0.05) is 18.8 Å². The lowest BCUT2D eigenvalue weighted by Crippen LogP contribution is -2.23. The van der Waals surface area contributed by atoms with Gasteiger partial charge in [-0.3, -0.25) is 0 Å². The van der Waals surface area contributed by atoms with E-state index in [0.29, 0.717) is 0 Å². The molecule has 0 radical (unpaired) electrons. The highest BCUT2D eigenvalue weighted by Crippen LogP contribution is 2.23. The van der Waals surface area contributed by atoms with Gasteiger partial charge in [0.2, 0.25) is 0 Å². The summed E-state index contributed by atoms with van der Waals surface area (Å²) in [7, 11) is 0. The van der Waals surface area contributed by atoms with Gasteiger partial charge in [-0.1, -0.05) is 37.6 Å². The third kappa shape index (κ3) is 4.51. The zero-order valence-corrected chi connectivity index (χ0v) is 14.6. The van der Waals surface area contributed by atoms with E-state index >= 15 is 0 Å². The predicted molar refractivity (Wildman–Crippen MR) is 101 cm³/mol. The summed E-state index contributed by atoms with van der Waals surface area (Å²) < 4.78 is 5.88. The van der Waals surface area contributed by atoms with Crippen LogP contribution >= 0.6 is 0 Å². The molecule has 2 N–H and O–H groups in total. The molecule has 0 saturated carbocycles. The zero-order chi connectivity index (χ0) is 16.8. The second-order valence-electron chi connectivity index (χ2n) is 6.71. The van der Waals surface area contributed by atoms with E-state index in [9.17, 15) is 0 Å². The minimum absolute atomic E-state index is 0.786. The predicted octanol–water partition coefficient (Wildman–Crippen LogP) is 4.44. The normalized spacial score (nSPS) is 18.0. The molecule has 0 aromatic heterocycles. The molecule has 0 bridgehead atoms. The molecule has 2 aromatic rings. The molecule has 3 nitrogen and oxygen atoms in total. The lowest BCUT2D eigenvalue weighted by molar-refractivity contribution is 0.258. The smallest absolute Gasteiger partial charge is 0.119 e. The summed E-state index contributed by atoms with van der Waals surface area (Å²) in [4.78, 5) is 2.57. The Balaban J connectivity index is 1.42. The van der Waals surface area contributed by atoms with Gasteiger partial charge < -0.3 is 15.4 Å². The molecule has 3 rings (SSSR count). The van der Waals surface area contributed by atoms with Crippen molar-refractivity contribution in [2.45, 2.75) is 26.2 Å². The summed E-state index contributed by atoms with van der Waals surface area (Å²) >= 11 is 0. The van der Waals surface area contributed by atoms with Crippen molar-refractivity contribution in [3.8, 4) is 16.9 Å². The Labute approximate surface area is 145 Å². The maximum Gasteiger partial charge on any atom is 0.119 e. The van der Waals surface area contributed by atoms with Crippen LogP contribution in [-0.4, -0.2) is 31.1 Å². The van der Waals surface area contributed by atoms with Crippen LogP contribution in [0.5, 0.6) is 5.75 Å². The largest absolute Gasteiger partial charge is 0.494 e. The molecule has 128 valence electrons. The van der Waals surface area contributed by atoms with Crippen LogP contribution in [0, 0.1) is 5.92 Å². The van der Waals surface area contributed by atoms with Gasteiger partial charge in [-0.05, 0) is 60.7 Å². The van der Waals surface area contributed by atoms with E-state index in [4.69, 9.17) is 10.5 Å². The monoisotopic (exact) mass is 324 g/mol. The maximum atomic E-state index is 5.88. The van der Waals surface area contributed by atoms with E-state index in [-0.39, 0.29) is 0 Å². The molecule has 0 spiro atoms. The number of nitrogen functional groups attached to an aromatic ring is 1. The molecule has 1 fully saturated rings. The summed E-state index contributed by atoms with van der Waals surface area (Å²) in [6, 6.07) is 16.3. The van der Waals surface area contributed by atoms with Crippen LogP contribution in [0.1, 0.15) is 26.2 Å². The van der Waals surface area contributed by atoms with Gasteiger partial charge in [0.05, 0.1) is 6.61 Å². The molecule has 2 aromatic carbocycles. The van der Waals surface area contributed by atoms with E-state index in [1.807, 2.05) is 24.3 Å². The lowest BCUT2D eigenvalue weighted by atomic mass is 10.1. The van der Waals surface area contributed by atoms with Gasteiger partial charge in [0.1, 0.15) is 5.75 Å². The molecule has 0 aliphatic carbocycles. The van der Waals surface area contributed by atoms with Crippen molar-refractivity contribution in [3.05, 3.63) is 48.5 Å². The zero-order valence-electron chi connectivity index (χ0n) is 14.6. The second kappa shape index (κ2) is 8.20. The van der Waals surface area contributed by atoms with Crippen molar-refractivity contribution in [1.29, 1.82) is 0 Å². The van der Waals surface area contributed by atoms with Crippen molar-refractivity contribution < 1.29 is 4.74 Å². The van der Waals surface area contributed by atoms with Gasteiger partial charge in [-0.25, -0.2) is 0 Å². The van der Waals surface area contributed by atoms with Crippen LogP contribution in [0.3, 0.4) is 0 Å². The van der Waals surface area contributed by atoms with Gasteiger partial charge in [-0.15, -0.1) is 0 Å². The Hall–Kier alpha value is -2.00. The third-order valence-corrected chi connectivity index (χ3v) is 4.93. The number of nitrogens with two attached hydrogens (primary N) is 1. The highest BCUT2D eigenvalue weighted by Gasteiger charge is 2.19. The topological polar surface area (TPSA) is 38.5 Å². The minimum Gasteiger partial charge on any atom is -0.494 e. The number of hydrogen-bond donors (Lipinski definition) is 1. The van der Waals surface area contributed by atoms with Crippen LogP contribution in [0.4, 0.5) is 5.69 Å². The molecule has 1 aliphatic rings. The summed E-state index contributed by atoms with van der Waals surface area (Å²) in [5.41, 5.74) is 8.89. The molecule has 0 amide bonds. The van der Waals surface area contributed by atoms with Crippen molar-refractivity contribution in [3.63, 3.8) is 0 Å². The third-order valence-electron chi connectivity index (χ3n) is 4.93. The van der Waals surface area contributed by atoms with Crippen LogP contribution in [-0.2, 0) is 0 Å². The van der Waals surface area contributed by atoms with Crippen molar-refractivity contribution in [1.82, 2.24) is 4.90 Å². The van der Waals surface area contributed by atoms with Crippen molar-refractivity contribution in [2.75, 3.05) is 32.0 Å². The quantitative estimate of drug-likeness (QED) is 0.604. The number of nitrogens with zero attached hydrogens (tertiary/aromatic N) is 1. The fraction of sp³-hybridized carbons (Fsp3) is 0.429. The Morgan fingerprint density at radius 2 is 1.71 bits per heavy atom. The van der Waals surface area contributed by atoms with E-state index in [1.165, 1.54) is 37.1 Å². The molecule has 1 saturated heterocycles. The van der Waals surface area contributed by atoms with Crippen LogP contribution in [0.25, 0.3) is 11.1 Å². The average Bonchev–Trinajstić information content (AvgIpc) is 3.08. The van der Waals surface area contributed by atoms with Crippen molar-refractivity contribution >= 4 is 5.69 Å². The van der Waals surface area contributed by atoms with Crippen LogP contribution in [0.15, 0.2) is 48.5 Å². The van der Waals surface area contributed by atoms with Gasteiger partial charge in [0.25, 0.3) is 0 Å². The maximum absolute atomic E-state index is 5.88. The fourth-order valence-corrected chi connectivity index (χ4v) is 3.35. The SMILES string of the molecule is CC[C@@H]1CCN(CCCOc2ccc(-c3ccc(N)cc3)cc2)C1. The molecule has 1 atom stereocenters. The van der Waals surface area contributed by atoms with Crippen LogP contribution < -0.4 is 10.5 Å². The molecule has 0 unspecified atom stereocenters. The standard InChI is InChI=1S/C21H28N2O/c1-2-17-12-14-23(16-17)13-3-15-24-21-10-6-19(7-11-21)18-4-8-20(22)9-5-18/h4-11,17H,2-3,12-16,22H2,1H3/t17-/m1/s1. The first kappa shape index (κ1) is 16.8. The minimum atomic E-state index is 0.786. The van der Waals surface area contributed by atoms with Crippen LogP contribution in [0.2, 0.25) is 0 Å². The summed E-state index contributed by atoms with van der Waals surface area (Å²) in [6.07, 6.45) is 3.77. The molecular formula is C21H28N2O. The van der Waals surface area contributed by atoms with E-state index in [1.54, 1.807) is 0 Å². The van der Waals surface area contributed by atoms with Gasteiger partial charge >= 0.3 is 0 Å². The summed E-state index contributed by atoms with van der Waals surface area (Å²) in [5, 5.41) is 0. The first-order valence-electron chi connectivity index (χ1n) is 9.05. The summed E-state index contributed by atoms with van der Waals surface area (Å²) in [5.74, 6) is 1.86. The Bertz CT molecular complexity index is 621. The number of benzene rings is 2. The molecule has 1 aliphatic heterocycles. The summed E-state index contributed by atoms with van der Waals surface area (Å²) in [6.45, 7) is 6.77. The fourth-order valence-electron chi connectivity index (χ4n) is 3.35. The lowest BCUT2D eigenvalue weighted by Gasteiger charge is -2.15. The highest BCUT2D eigenvalue weighted by molar-refractivity contribution is 5.66. The first-order valence-corrected chi connectivity index (χ1v) is 9.05. The van der Waals surface area contributed by atoms with Gasteiger partial charge in [-0.2, -0.15) is 0 Å². The Morgan fingerprint density at radius 3 is 2.33 bits per heavy atom. The first-order chi connectivity index (χ1) is 11.7. The Kier molecular flexibility index (Phi) is 5.76. The second-order valence-corrected chi connectivity index (χ2v) is 6.71. The Morgan fingerprint density at radius 1 is 1.04 bits per heavy atom. The number of likely N-dealkylation sites (tertiary alicyclic amines) is 1.